The lowest BCUT2D eigenvalue weighted by molar-refractivity contribution is -0.147. The molecule has 0 heterocycles. The molecule has 1 atom stereocenters. The molecule has 1 unspecified atom stereocenters. The highest BCUT2D eigenvalue weighted by atomic mass is 16.5. The first-order valence-corrected chi connectivity index (χ1v) is 11.0. The number of carbonyl (C=O) groups excluding carboxylic acids is 1. The van der Waals surface area contributed by atoms with Gasteiger partial charge in [-0.3, -0.25) is 0 Å². The summed E-state index contributed by atoms with van der Waals surface area (Å²) in [5.41, 5.74) is 7.59. The van der Waals surface area contributed by atoms with Crippen LogP contribution in [0.25, 0.3) is 33.0 Å². The lowest BCUT2D eigenvalue weighted by Gasteiger charge is -2.24. The van der Waals surface area contributed by atoms with E-state index in [1.807, 2.05) is 18.2 Å². The Balaban J connectivity index is 1.81. The van der Waals surface area contributed by atoms with Crippen LogP contribution in [-0.4, -0.2) is 12.6 Å². The molecule has 4 aromatic carbocycles. The van der Waals surface area contributed by atoms with Crippen molar-refractivity contribution in [3.05, 3.63) is 95.1 Å². The van der Waals surface area contributed by atoms with Crippen LogP contribution >= 0.6 is 0 Å². The molecule has 6 rings (SSSR count). The molecule has 2 aliphatic rings. The average Bonchev–Trinajstić information content (AvgIpc) is 3.38. The summed E-state index contributed by atoms with van der Waals surface area (Å²) < 4.78 is 5.47. The van der Waals surface area contributed by atoms with E-state index in [1.54, 1.807) is 6.92 Å². The number of carbonyl (C=O) groups is 1. The van der Waals surface area contributed by atoms with Crippen LogP contribution in [0.4, 0.5) is 0 Å². The summed E-state index contributed by atoms with van der Waals surface area (Å²) in [5, 5.41) is 12.6. The van der Waals surface area contributed by atoms with Gasteiger partial charge in [0.1, 0.15) is 0 Å². The molecule has 3 heteroatoms. The van der Waals surface area contributed by atoms with E-state index < -0.39 is 11.4 Å². The van der Waals surface area contributed by atoms with Crippen molar-refractivity contribution < 1.29 is 9.53 Å². The van der Waals surface area contributed by atoms with E-state index in [0.29, 0.717) is 12.8 Å². The fourth-order valence-electron chi connectivity index (χ4n) is 5.71. The summed E-state index contributed by atoms with van der Waals surface area (Å²) in [6, 6.07) is 27.5. The van der Waals surface area contributed by atoms with E-state index >= 15 is 0 Å². The number of fused-ring (bicyclic) bond motifs is 4. The predicted molar refractivity (Wildman–Crippen MR) is 125 cm³/mol. The first kappa shape index (κ1) is 18.8. The molecule has 0 fully saturated rings. The summed E-state index contributed by atoms with van der Waals surface area (Å²) in [6.45, 7) is 2.05. The second-order valence-corrected chi connectivity index (χ2v) is 8.56. The van der Waals surface area contributed by atoms with Gasteiger partial charge in [0.25, 0.3) is 0 Å². The van der Waals surface area contributed by atoms with Crippen molar-refractivity contribution in [3.8, 4) is 28.3 Å². The molecule has 0 saturated heterocycles. The van der Waals surface area contributed by atoms with Gasteiger partial charge in [0.2, 0.25) is 0 Å². The molecule has 0 aliphatic heterocycles. The minimum absolute atomic E-state index is 0.256. The fraction of sp³-hybridized carbons (Fsp3) is 0.172. The minimum atomic E-state index is -1.31. The molecule has 0 spiro atoms. The summed E-state index contributed by atoms with van der Waals surface area (Å²) in [7, 11) is 0. The highest BCUT2D eigenvalue weighted by Gasteiger charge is 2.51. The minimum Gasteiger partial charge on any atom is -0.465 e. The Morgan fingerprint density at radius 1 is 0.969 bits per heavy atom. The maximum atomic E-state index is 13.3. The van der Waals surface area contributed by atoms with Gasteiger partial charge in [-0.25, -0.2) is 4.79 Å². The zero-order valence-corrected chi connectivity index (χ0v) is 17.8. The number of benzene rings is 4. The van der Waals surface area contributed by atoms with E-state index in [9.17, 15) is 10.1 Å². The fourth-order valence-corrected chi connectivity index (χ4v) is 5.71. The molecule has 0 saturated carbocycles. The molecule has 4 aromatic rings. The summed E-state index contributed by atoms with van der Waals surface area (Å²) in [5.74, 6) is -0.439. The lowest BCUT2D eigenvalue weighted by atomic mass is 9.77. The van der Waals surface area contributed by atoms with Crippen LogP contribution in [0.15, 0.2) is 72.8 Å². The van der Waals surface area contributed by atoms with Crippen molar-refractivity contribution in [1.29, 1.82) is 5.26 Å². The SMILES string of the molecule is CCOC(=O)C1(C#N)Cc2cccc3c(-c4ccccc4)c4c(c1c23)Cc1ccccc1-4. The van der Waals surface area contributed by atoms with Gasteiger partial charge in [-0.1, -0.05) is 72.8 Å². The zero-order chi connectivity index (χ0) is 21.9. The van der Waals surface area contributed by atoms with Gasteiger partial charge in [-0.05, 0) is 68.6 Å². The maximum absolute atomic E-state index is 13.3. The number of ether oxygens (including phenoxy) is 1. The maximum Gasteiger partial charge on any atom is 0.331 e. The van der Waals surface area contributed by atoms with Gasteiger partial charge >= 0.3 is 5.97 Å². The Morgan fingerprint density at radius 3 is 2.50 bits per heavy atom. The van der Waals surface area contributed by atoms with E-state index in [1.165, 1.54) is 16.7 Å². The molecular formula is C29H21NO2. The molecule has 0 N–H and O–H groups in total. The van der Waals surface area contributed by atoms with Crippen molar-refractivity contribution in [2.75, 3.05) is 6.61 Å². The third-order valence-corrected chi connectivity index (χ3v) is 6.94. The third kappa shape index (κ3) is 2.32. The summed E-state index contributed by atoms with van der Waals surface area (Å²) in [4.78, 5) is 13.3. The number of nitriles is 1. The number of hydrogen-bond donors (Lipinski definition) is 0. The Morgan fingerprint density at radius 2 is 1.72 bits per heavy atom. The highest BCUT2D eigenvalue weighted by molar-refractivity contribution is 6.14. The number of rotatable bonds is 3. The number of esters is 1. The van der Waals surface area contributed by atoms with Crippen molar-refractivity contribution in [2.24, 2.45) is 0 Å². The summed E-state index contributed by atoms with van der Waals surface area (Å²) in [6.07, 6.45) is 1.07. The Labute approximate surface area is 186 Å². The second kappa shape index (κ2) is 6.80. The zero-order valence-electron chi connectivity index (χ0n) is 17.8. The lowest BCUT2D eigenvalue weighted by Crippen LogP contribution is -2.36. The van der Waals surface area contributed by atoms with Gasteiger partial charge in [0, 0.05) is 6.42 Å². The topological polar surface area (TPSA) is 50.1 Å². The quantitative estimate of drug-likeness (QED) is 0.342. The van der Waals surface area contributed by atoms with Crippen LogP contribution < -0.4 is 0 Å². The number of hydrogen-bond acceptors (Lipinski definition) is 3. The van der Waals surface area contributed by atoms with E-state index in [2.05, 4.69) is 60.7 Å². The van der Waals surface area contributed by atoms with Gasteiger partial charge in [0.15, 0.2) is 5.41 Å². The molecular weight excluding hydrogens is 394 g/mol. The highest BCUT2D eigenvalue weighted by Crippen LogP contribution is 2.55. The standard InChI is InChI=1S/C29H21NO2/c1-2-32-28(31)29(17-30)16-20-12-8-14-22-24(18-9-4-3-5-10-18)26-21-13-7-6-11-19(21)15-23(26)27(29)25(20)22/h3-14H,2,15-16H2,1H3. The van der Waals surface area contributed by atoms with Crippen LogP contribution in [0, 0.1) is 11.3 Å². The molecule has 0 amide bonds. The third-order valence-electron chi connectivity index (χ3n) is 6.94. The summed E-state index contributed by atoms with van der Waals surface area (Å²) >= 11 is 0. The normalized spacial score (nSPS) is 17.6. The van der Waals surface area contributed by atoms with Crippen LogP contribution in [-0.2, 0) is 27.8 Å². The molecule has 154 valence electrons. The molecule has 3 nitrogen and oxygen atoms in total. The molecule has 2 aliphatic carbocycles. The van der Waals surface area contributed by atoms with Crippen molar-refractivity contribution >= 4 is 16.7 Å². The van der Waals surface area contributed by atoms with Crippen molar-refractivity contribution in [3.63, 3.8) is 0 Å². The first-order chi connectivity index (χ1) is 15.7. The van der Waals surface area contributed by atoms with Gasteiger partial charge in [-0.2, -0.15) is 5.26 Å². The Bertz CT molecular complexity index is 1460. The van der Waals surface area contributed by atoms with Crippen molar-refractivity contribution in [1.82, 2.24) is 0 Å². The van der Waals surface area contributed by atoms with Crippen LogP contribution in [0.3, 0.4) is 0 Å². The Kier molecular flexibility index (Phi) is 4.00. The largest absolute Gasteiger partial charge is 0.465 e. The van der Waals surface area contributed by atoms with E-state index in [-0.39, 0.29) is 6.61 Å². The molecule has 0 radical (unpaired) electrons. The monoisotopic (exact) mass is 415 g/mol. The number of nitrogens with zero attached hydrogens (tertiary/aromatic N) is 1. The second-order valence-electron chi connectivity index (χ2n) is 8.56. The van der Waals surface area contributed by atoms with E-state index in [0.717, 1.165) is 38.6 Å². The van der Waals surface area contributed by atoms with Gasteiger partial charge in [0.05, 0.1) is 12.7 Å². The molecule has 0 bridgehead atoms. The van der Waals surface area contributed by atoms with Gasteiger partial charge < -0.3 is 4.74 Å². The van der Waals surface area contributed by atoms with Crippen LogP contribution in [0.1, 0.15) is 29.2 Å². The smallest absolute Gasteiger partial charge is 0.331 e. The molecule has 32 heavy (non-hydrogen) atoms. The van der Waals surface area contributed by atoms with Crippen molar-refractivity contribution in [2.45, 2.75) is 25.2 Å². The predicted octanol–water partition coefficient (Wildman–Crippen LogP) is 5.96. The molecule has 0 aromatic heterocycles. The first-order valence-electron chi connectivity index (χ1n) is 11.0. The van der Waals surface area contributed by atoms with Crippen LogP contribution in [0.2, 0.25) is 0 Å². The van der Waals surface area contributed by atoms with Crippen LogP contribution in [0.5, 0.6) is 0 Å². The Hall–Kier alpha value is -3.90. The van der Waals surface area contributed by atoms with Gasteiger partial charge in [-0.15, -0.1) is 0 Å². The average molecular weight is 415 g/mol. The van der Waals surface area contributed by atoms with E-state index in [4.69, 9.17) is 4.74 Å².